The number of hydrogen-bond acceptors (Lipinski definition) is 4. The molecule has 1 N–H and O–H groups in total. The molecule has 8 heteroatoms. The lowest BCUT2D eigenvalue weighted by Gasteiger charge is -2.19. The number of methoxy groups -OCH3 is 1. The molecule has 0 spiro atoms. The molecular weight excluding hydrogens is 275 g/mol. The lowest BCUT2D eigenvalue weighted by Crippen LogP contribution is -2.24. The van der Waals surface area contributed by atoms with Crippen LogP contribution in [0.15, 0.2) is 6.20 Å². The standard InChI is InChI=1S/C12H20F3N3O2/c1-4-18-11(10(19-3)7-17-18)9(16-2)5-6-20-8-12(13,14)15/h7,9,16H,4-6,8H2,1-3H3. The van der Waals surface area contributed by atoms with E-state index in [2.05, 4.69) is 15.2 Å². The number of aromatic nitrogens is 2. The second-order valence-corrected chi connectivity index (χ2v) is 4.21. The number of ether oxygens (including phenoxy) is 2. The number of aryl methyl sites for hydroxylation is 1. The molecule has 0 radical (unpaired) electrons. The van der Waals surface area contributed by atoms with Crippen LogP contribution in [0.1, 0.15) is 25.1 Å². The topological polar surface area (TPSA) is 48.3 Å². The summed E-state index contributed by atoms with van der Waals surface area (Å²) in [6.45, 7) is 1.36. The third-order valence-corrected chi connectivity index (χ3v) is 2.86. The van der Waals surface area contributed by atoms with Gasteiger partial charge in [-0.15, -0.1) is 0 Å². The number of nitrogens with zero attached hydrogens (tertiary/aromatic N) is 2. The first kappa shape index (κ1) is 16.8. The van der Waals surface area contributed by atoms with Crippen molar-refractivity contribution in [3.8, 4) is 5.75 Å². The molecule has 1 heterocycles. The molecule has 0 fully saturated rings. The summed E-state index contributed by atoms with van der Waals surface area (Å²) in [6.07, 6.45) is -2.30. The van der Waals surface area contributed by atoms with E-state index in [0.29, 0.717) is 18.7 Å². The first-order chi connectivity index (χ1) is 9.42. The van der Waals surface area contributed by atoms with Gasteiger partial charge in [0.25, 0.3) is 0 Å². The monoisotopic (exact) mass is 295 g/mol. The van der Waals surface area contributed by atoms with E-state index in [-0.39, 0.29) is 12.6 Å². The van der Waals surface area contributed by atoms with Crippen molar-refractivity contribution in [2.45, 2.75) is 32.1 Å². The fourth-order valence-electron chi connectivity index (χ4n) is 1.95. The van der Waals surface area contributed by atoms with Crippen molar-refractivity contribution in [1.82, 2.24) is 15.1 Å². The molecule has 1 rings (SSSR count). The zero-order chi connectivity index (χ0) is 15.2. The summed E-state index contributed by atoms with van der Waals surface area (Å²) in [5.74, 6) is 0.613. The minimum absolute atomic E-state index is 0.00304. The number of alkyl halides is 3. The van der Waals surface area contributed by atoms with E-state index in [1.54, 1.807) is 17.9 Å². The van der Waals surface area contributed by atoms with Gasteiger partial charge in [-0.25, -0.2) is 0 Å². The normalized spacial score (nSPS) is 13.5. The van der Waals surface area contributed by atoms with E-state index in [1.807, 2.05) is 6.92 Å². The number of hydrogen-bond donors (Lipinski definition) is 1. The molecule has 5 nitrogen and oxygen atoms in total. The fourth-order valence-corrected chi connectivity index (χ4v) is 1.95. The summed E-state index contributed by atoms with van der Waals surface area (Å²) in [6, 6.07) is -0.180. The first-order valence-corrected chi connectivity index (χ1v) is 6.34. The van der Waals surface area contributed by atoms with E-state index in [0.717, 1.165) is 5.69 Å². The van der Waals surface area contributed by atoms with Crippen LogP contribution in [-0.4, -0.2) is 43.3 Å². The van der Waals surface area contributed by atoms with E-state index in [1.165, 1.54) is 7.11 Å². The molecule has 116 valence electrons. The second-order valence-electron chi connectivity index (χ2n) is 4.21. The van der Waals surface area contributed by atoms with Gasteiger partial charge in [-0.2, -0.15) is 18.3 Å². The smallest absolute Gasteiger partial charge is 0.411 e. The molecular formula is C12H20F3N3O2. The molecule has 1 aromatic heterocycles. The summed E-state index contributed by atoms with van der Waals surface area (Å²) in [5.41, 5.74) is 0.813. The van der Waals surface area contributed by atoms with Crippen molar-refractivity contribution in [1.29, 1.82) is 0 Å². The highest BCUT2D eigenvalue weighted by molar-refractivity contribution is 5.28. The highest BCUT2D eigenvalue weighted by Gasteiger charge is 2.27. The Morgan fingerprint density at radius 1 is 1.45 bits per heavy atom. The molecule has 0 aromatic carbocycles. The molecule has 0 saturated carbocycles. The molecule has 0 aliphatic rings. The third kappa shape index (κ3) is 4.68. The number of nitrogens with one attached hydrogen (secondary N) is 1. The average Bonchev–Trinajstić information content (AvgIpc) is 2.80. The van der Waals surface area contributed by atoms with Gasteiger partial charge < -0.3 is 14.8 Å². The molecule has 0 amide bonds. The van der Waals surface area contributed by atoms with Crippen LogP contribution in [0.5, 0.6) is 5.75 Å². The SMILES string of the molecule is CCn1ncc(OC)c1C(CCOCC(F)(F)F)NC. The maximum Gasteiger partial charge on any atom is 0.411 e. The van der Waals surface area contributed by atoms with Crippen LogP contribution in [-0.2, 0) is 11.3 Å². The summed E-state index contributed by atoms with van der Waals surface area (Å²) >= 11 is 0. The minimum Gasteiger partial charge on any atom is -0.493 e. The van der Waals surface area contributed by atoms with Crippen molar-refractivity contribution in [2.24, 2.45) is 0 Å². The first-order valence-electron chi connectivity index (χ1n) is 6.34. The molecule has 20 heavy (non-hydrogen) atoms. The number of halogens is 3. The summed E-state index contributed by atoms with van der Waals surface area (Å²) < 4.78 is 47.6. The number of rotatable bonds is 8. The van der Waals surface area contributed by atoms with Crippen molar-refractivity contribution in [2.75, 3.05) is 27.4 Å². The predicted octanol–water partition coefficient (Wildman–Crippen LogP) is 2.14. The van der Waals surface area contributed by atoms with E-state index >= 15 is 0 Å². The zero-order valence-corrected chi connectivity index (χ0v) is 11.8. The van der Waals surface area contributed by atoms with Crippen molar-refractivity contribution < 1.29 is 22.6 Å². The Kier molecular flexibility index (Phi) is 6.28. The van der Waals surface area contributed by atoms with Crippen LogP contribution in [0.2, 0.25) is 0 Å². The van der Waals surface area contributed by atoms with Gasteiger partial charge >= 0.3 is 6.18 Å². The molecule has 0 bridgehead atoms. The predicted molar refractivity (Wildman–Crippen MR) is 67.7 cm³/mol. The molecule has 1 atom stereocenters. The Labute approximate surface area is 116 Å². The lowest BCUT2D eigenvalue weighted by molar-refractivity contribution is -0.174. The van der Waals surface area contributed by atoms with Crippen molar-refractivity contribution in [3.63, 3.8) is 0 Å². The Morgan fingerprint density at radius 2 is 2.15 bits per heavy atom. The van der Waals surface area contributed by atoms with Gasteiger partial charge in [-0.05, 0) is 20.4 Å². The maximum absolute atomic E-state index is 12.0. The molecule has 0 saturated heterocycles. The van der Waals surface area contributed by atoms with Gasteiger partial charge in [0.1, 0.15) is 6.61 Å². The van der Waals surface area contributed by atoms with Crippen LogP contribution in [0, 0.1) is 0 Å². The summed E-state index contributed by atoms with van der Waals surface area (Å²) in [4.78, 5) is 0. The largest absolute Gasteiger partial charge is 0.493 e. The maximum atomic E-state index is 12.0. The van der Waals surface area contributed by atoms with Gasteiger partial charge in [0.15, 0.2) is 5.75 Å². The van der Waals surface area contributed by atoms with Crippen LogP contribution < -0.4 is 10.1 Å². The van der Waals surface area contributed by atoms with Gasteiger partial charge in [0, 0.05) is 13.2 Å². The van der Waals surface area contributed by atoms with E-state index < -0.39 is 12.8 Å². The molecule has 0 aliphatic heterocycles. The third-order valence-electron chi connectivity index (χ3n) is 2.86. The van der Waals surface area contributed by atoms with Gasteiger partial charge in [-0.3, -0.25) is 4.68 Å². The highest BCUT2D eigenvalue weighted by Crippen LogP contribution is 2.27. The van der Waals surface area contributed by atoms with Crippen LogP contribution >= 0.6 is 0 Å². The highest BCUT2D eigenvalue weighted by atomic mass is 19.4. The molecule has 1 unspecified atom stereocenters. The van der Waals surface area contributed by atoms with Crippen LogP contribution in [0.4, 0.5) is 13.2 Å². The second kappa shape index (κ2) is 7.49. The average molecular weight is 295 g/mol. The lowest BCUT2D eigenvalue weighted by atomic mass is 10.1. The summed E-state index contributed by atoms with van der Waals surface area (Å²) in [7, 11) is 3.27. The Balaban J connectivity index is 2.64. The van der Waals surface area contributed by atoms with Crippen LogP contribution in [0.3, 0.4) is 0 Å². The van der Waals surface area contributed by atoms with E-state index in [9.17, 15) is 13.2 Å². The quantitative estimate of drug-likeness (QED) is 0.747. The van der Waals surface area contributed by atoms with Crippen LogP contribution in [0.25, 0.3) is 0 Å². The zero-order valence-electron chi connectivity index (χ0n) is 11.8. The van der Waals surface area contributed by atoms with Gasteiger partial charge in [-0.1, -0.05) is 0 Å². The van der Waals surface area contributed by atoms with E-state index in [4.69, 9.17) is 4.74 Å². The van der Waals surface area contributed by atoms with Crippen molar-refractivity contribution in [3.05, 3.63) is 11.9 Å². The van der Waals surface area contributed by atoms with Gasteiger partial charge in [0.05, 0.1) is 25.0 Å². The molecule has 1 aromatic rings. The molecule has 0 aliphatic carbocycles. The Hall–Kier alpha value is -1.28. The summed E-state index contributed by atoms with van der Waals surface area (Å²) in [5, 5.41) is 7.22. The Morgan fingerprint density at radius 3 is 2.65 bits per heavy atom. The Bertz CT molecular complexity index is 386. The fraction of sp³-hybridized carbons (Fsp3) is 0.750. The van der Waals surface area contributed by atoms with Crippen molar-refractivity contribution >= 4 is 0 Å². The minimum atomic E-state index is -4.29. The van der Waals surface area contributed by atoms with Gasteiger partial charge in [0.2, 0.25) is 0 Å².